The zero-order chi connectivity index (χ0) is 27.6. The van der Waals surface area contributed by atoms with Gasteiger partial charge in [0.2, 0.25) is 11.8 Å². The molecule has 0 aliphatic carbocycles. The molecule has 7 nitrogen and oxygen atoms in total. The number of aryl methyl sites for hydroxylation is 3. The van der Waals surface area contributed by atoms with E-state index in [4.69, 9.17) is 14.6 Å². The van der Waals surface area contributed by atoms with E-state index in [1.807, 2.05) is 46.0 Å². The number of ether oxygens (including phenoxy) is 2. The molecule has 0 N–H and O–H groups in total. The standard InChI is InChI=1S/C30H40FN5O2/c1-9-13-36-28-18-35(19(3)4)17-22(7)38-30-26(16-32-34(30)8)25-15-24(21(6)14-27(25)31)20(5)11-12-23(28)29(33-36)37-10-2/h11-12,14-16,19,22H,5,9-10,13,17-18H2,1-4,6-8H3/b12-11+. The first kappa shape index (κ1) is 27.6. The predicted molar refractivity (Wildman–Crippen MR) is 151 cm³/mol. The number of hydrogen-bond acceptors (Lipinski definition) is 5. The van der Waals surface area contributed by atoms with Crippen LogP contribution in [0, 0.1) is 12.7 Å². The first-order valence-corrected chi connectivity index (χ1v) is 13.5. The van der Waals surface area contributed by atoms with Crippen LogP contribution in [0.4, 0.5) is 4.39 Å². The van der Waals surface area contributed by atoms with Crippen molar-refractivity contribution in [3.63, 3.8) is 0 Å². The minimum atomic E-state index is -0.316. The molecule has 3 heterocycles. The minimum absolute atomic E-state index is 0.174. The predicted octanol–water partition coefficient (Wildman–Crippen LogP) is 6.26. The summed E-state index contributed by atoms with van der Waals surface area (Å²) in [4.78, 5) is 2.37. The molecule has 4 rings (SSSR count). The molecule has 3 aromatic rings. The zero-order valence-corrected chi connectivity index (χ0v) is 23.7. The van der Waals surface area contributed by atoms with Crippen LogP contribution >= 0.6 is 0 Å². The average Bonchev–Trinajstić information content (AvgIpc) is 3.36. The highest BCUT2D eigenvalue weighted by Crippen LogP contribution is 2.36. The summed E-state index contributed by atoms with van der Waals surface area (Å²) in [5.41, 5.74) is 5.55. The summed E-state index contributed by atoms with van der Waals surface area (Å²) >= 11 is 0. The summed E-state index contributed by atoms with van der Waals surface area (Å²) in [6, 6.07) is 3.65. The van der Waals surface area contributed by atoms with E-state index in [9.17, 15) is 0 Å². The molecular formula is C30H40FN5O2. The van der Waals surface area contributed by atoms with Crippen LogP contribution in [-0.4, -0.2) is 49.8 Å². The van der Waals surface area contributed by atoms with Gasteiger partial charge in [-0.3, -0.25) is 9.58 Å². The maximum absolute atomic E-state index is 15.3. The zero-order valence-electron chi connectivity index (χ0n) is 23.7. The third-order valence-corrected chi connectivity index (χ3v) is 6.95. The van der Waals surface area contributed by atoms with E-state index >= 15 is 4.39 Å². The maximum atomic E-state index is 15.3. The highest BCUT2D eigenvalue weighted by atomic mass is 19.1. The summed E-state index contributed by atoms with van der Waals surface area (Å²) in [6.45, 7) is 19.4. The quantitative estimate of drug-likeness (QED) is 0.397. The Morgan fingerprint density at radius 3 is 2.63 bits per heavy atom. The highest BCUT2D eigenvalue weighted by molar-refractivity contribution is 5.83. The second kappa shape index (κ2) is 11.6. The van der Waals surface area contributed by atoms with Gasteiger partial charge >= 0.3 is 0 Å². The van der Waals surface area contributed by atoms with Gasteiger partial charge in [0, 0.05) is 38.3 Å². The van der Waals surface area contributed by atoms with Crippen LogP contribution in [0.3, 0.4) is 0 Å². The fourth-order valence-electron chi connectivity index (χ4n) is 4.92. The summed E-state index contributed by atoms with van der Waals surface area (Å²) in [5, 5.41) is 9.23. The molecule has 1 aromatic carbocycles. The number of halogens is 1. The first-order chi connectivity index (χ1) is 18.1. The monoisotopic (exact) mass is 521 g/mol. The van der Waals surface area contributed by atoms with E-state index in [1.54, 1.807) is 16.9 Å². The summed E-state index contributed by atoms with van der Waals surface area (Å²) < 4.78 is 31.5. The third kappa shape index (κ3) is 5.55. The molecule has 1 aliphatic rings. The van der Waals surface area contributed by atoms with Crippen molar-refractivity contribution >= 4 is 11.6 Å². The summed E-state index contributed by atoms with van der Waals surface area (Å²) in [7, 11) is 1.82. The van der Waals surface area contributed by atoms with E-state index < -0.39 is 0 Å². The van der Waals surface area contributed by atoms with Gasteiger partial charge in [-0.05, 0) is 75.9 Å². The van der Waals surface area contributed by atoms with Gasteiger partial charge in [-0.15, -0.1) is 5.10 Å². The molecule has 38 heavy (non-hydrogen) atoms. The van der Waals surface area contributed by atoms with E-state index in [0.29, 0.717) is 42.6 Å². The largest absolute Gasteiger partial charge is 0.476 e. The van der Waals surface area contributed by atoms with Crippen LogP contribution < -0.4 is 9.47 Å². The number of rotatable bonds is 5. The Hall–Kier alpha value is -3.39. The van der Waals surface area contributed by atoms with Crippen LogP contribution in [0.25, 0.3) is 22.8 Å². The molecule has 1 aliphatic heterocycles. The van der Waals surface area contributed by atoms with E-state index in [1.165, 1.54) is 0 Å². The summed E-state index contributed by atoms with van der Waals surface area (Å²) in [5.74, 6) is 0.844. The first-order valence-electron chi connectivity index (χ1n) is 13.5. The molecule has 2 bridgehead atoms. The van der Waals surface area contributed by atoms with Gasteiger partial charge in [0.25, 0.3) is 0 Å². The molecule has 0 fully saturated rings. The van der Waals surface area contributed by atoms with E-state index in [2.05, 4.69) is 42.0 Å². The number of hydrogen-bond donors (Lipinski definition) is 0. The van der Waals surface area contributed by atoms with Crippen LogP contribution in [-0.2, 0) is 20.1 Å². The van der Waals surface area contributed by atoms with Gasteiger partial charge in [-0.1, -0.05) is 19.6 Å². The molecule has 1 atom stereocenters. The van der Waals surface area contributed by atoms with Crippen molar-refractivity contribution in [1.82, 2.24) is 24.5 Å². The summed E-state index contributed by atoms with van der Waals surface area (Å²) in [6.07, 6.45) is 6.47. The molecule has 2 aromatic heterocycles. The minimum Gasteiger partial charge on any atom is -0.476 e. The number of benzene rings is 1. The van der Waals surface area contributed by atoms with Crippen molar-refractivity contribution in [2.24, 2.45) is 7.05 Å². The van der Waals surface area contributed by atoms with Crippen molar-refractivity contribution in [2.45, 2.75) is 73.2 Å². The number of allylic oxidation sites excluding steroid dienone is 2. The Morgan fingerprint density at radius 1 is 1.18 bits per heavy atom. The molecule has 1 unspecified atom stereocenters. The van der Waals surface area contributed by atoms with Crippen LogP contribution in [0.5, 0.6) is 11.8 Å². The molecule has 8 heteroatoms. The lowest BCUT2D eigenvalue weighted by Gasteiger charge is -2.30. The van der Waals surface area contributed by atoms with Gasteiger partial charge in [-0.25, -0.2) is 9.07 Å². The van der Waals surface area contributed by atoms with Gasteiger partial charge in [0.1, 0.15) is 11.9 Å². The molecule has 204 valence electrons. The maximum Gasteiger partial charge on any atom is 0.240 e. The lowest BCUT2D eigenvalue weighted by Crippen LogP contribution is -2.39. The van der Waals surface area contributed by atoms with Crippen LogP contribution in [0.15, 0.2) is 31.0 Å². The molecule has 0 spiro atoms. The Bertz CT molecular complexity index is 1340. The van der Waals surface area contributed by atoms with Crippen molar-refractivity contribution < 1.29 is 13.9 Å². The van der Waals surface area contributed by atoms with Gasteiger partial charge in [0.05, 0.1) is 29.6 Å². The second-order valence-electron chi connectivity index (χ2n) is 10.3. The van der Waals surface area contributed by atoms with E-state index in [0.717, 1.165) is 40.9 Å². The second-order valence-corrected chi connectivity index (χ2v) is 10.3. The molecule has 0 saturated carbocycles. The Morgan fingerprint density at radius 2 is 1.95 bits per heavy atom. The average molecular weight is 522 g/mol. The van der Waals surface area contributed by atoms with E-state index in [-0.39, 0.29) is 18.0 Å². The van der Waals surface area contributed by atoms with Crippen molar-refractivity contribution in [1.29, 1.82) is 0 Å². The van der Waals surface area contributed by atoms with Gasteiger partial charge in [0.15, 0.2) is 0 Å². The van der Waals surface area contributed by atoms with Crippen molar-refractivity contribution in [3.05, 3.63) is 59.2 Å². The third-order valence-electron chi connectivity index (χ3n) is 6.95. The number of fused-ring (bicyclic) bond motifs is 5. The van der Waals surface area contributed by atoms with Crippen molar-refractivity contribution in [3.8, 4) is 22.9 Å². The highest BCUT2D eigenvalue weighted by Gasteiger charge is 2.25. The lowest BCUT2D eigenvalue weighted by molar-refractivity contribution is 0.110. The normalized spacial score (nSPS) is 17.4. The molecule has 0 saturated heterocycles. The van der Waals surface area contributed by atoms with Crippen LogP contribution in [0.2, 0.25) is 0 Å². The lowest BCUT2D eigenvalue weighted by atomic mass is 9.95. The topological polar surface area (TPSA) is 57.3 Å². The SMILES string of the molecule is C=C1/C=C/c2c(OCC)nn(CCC)c2CN(C(C)C)CC(C)Oc2c(cnn2C)-c2cc1c(C)cc2F. The van der Waals surface area contributed by atoms with Crippen molar-refractivity contribution in [2.75, 3.05) is 13.2 Å². The fraction of sp³-hybridized carbons (Fsp3) is 0.467. The number of nitrogens with zero attached hydrogens (tertiary/aromatic N) is 5. The number of aromatic nitrogens is 4. The molecule has 0 radical (unpaired) electrons. The van der Waals surface area contributed by atoms with Gasteiger partial charge < -0.3 is 9.47 Å². The molecule has 0 amide bonds. The fourth-order valence-corrected chi connectivity index (χ4v) is 4.92. The Balaban J connectivity index is 1.93. The Kier molecular flexibility index (Phi) is 8.41. The molecular weight excluding hydrogens is 481 g/mol. The van der Waals surface area contributed by atoms with Crippen LogP contribution in [0.1, 0.15) is 63.4 Å². The Labute approximate surface area is 225 Å². The smallest absolute Gasteiger partial charge is 0.240 e. The van der Waals surface area contributed by atoms with Gasteiger partial charge in [-0.2, -0.15) is 5.10 Å².